The average Bonchev–Trinajstić information content (AvgIpc) is 2.64. The number of carboxylic acids is 1. The zero-order valence-corrected chi connectivity index (χ0v) is 10.4. The Morgan fingerprint density at radius 3 is 2.76 bits per heavy atom. The third-order valence-corrected chi connectivity index (χ3v) is 2.68. The molecule has 0 spiro atoms. The maximum absolute atomic E-state index is 10.8. The molecule has 0 atom stereocenters. The smallest absolute Gasteiger partial charge is 0.358 e. The van der Waals surface area contributed by atoms with Crippen molar-refractivity contribution in [2.75, 3.05) is 0 Å². The summed E-state index contributed by atoms with van der Waals surface area (Å²) in [7, 11) is 0. The number of phenolic OH excluding ortho intramolecular Hbond substituents is 1. The van der Waals surface area contributed by atoms with Gasteiger partial charge in [-0.15, -0.1) is 0 Å². The fourth-order valence-corrected chi connectivity index (χ4v) is 1.75. The quantitative estimate of drug-likeness (QED) is 0.890. The molecular formula is C11H8BrNO4. The molecule has 2 N–H and O–H groups in total. The molecule has 1 aromatic carbocycles. The largest absolute Gasteiger partial charge is 0.507 e. The summed E-state index contributed by atoms with van der Waals surface area (Å²) >= 11 is 3.25. The summed E-state index contributed by atoms with van der Waals surface area (Å²) in [5.41, 5.74) is 0.189. The average molecular weight is 298 g/mol. The molecule has 0 amide bonds. The Morgan fingerprint density at radius 2 is 2.18 bits per heavy atom. The Labute approximate surface area is 105 Å². The first-order valence-electron chi connectivity index (χ1n) is 4.68. The van der Waals surface area contributed by atoms with E-state index in [1.807, 2.05) is 0 Å². The molecule has 1 aromatic heterocycles. The first-order chi connectivity index (χ1) is 7.99. The zero-order chi connectivity index (χ0) is 12.6. The molecule has 0 aliphatic rings. The number of halogens is 1. The van der Waals surface area contributed by atoms with Crippen LogP contribution < -0.4 is 0 Å². The lowest BCUT2D eigenvalue weighted by molar-refractivity contribution is 0.0689. The van der Waals surface area contributed by atoms with Crippen LogP contribution >= 0.6 is 15.9 Å². The van der Waals surface area contributed by atoms with Crippen molar-refractivity contribution in [2.45, 2.75) is 6.92 Å². The predicted octanol–water partition coefficient (Wildman–Crippen LogP) is 2.82. The number of nitrogens with zero attached hydrogens (tertiary/aromatic N) is 1. The molecule has 17 heavy (non-hydrogen) atoms. The van der Waals surface area contributed by atoms with Crippen molar-refractivity contribution < 1.29 is 19.4 Å². The van der Waals surface area contributed by atoms with Gasteiger partial charge in [0.15, 0.2) is 5.69 Å². The van der Waals surface area contributed by atoms with Gasteiger partial charge >= 0.3 is 5.97 Å². The molecule has 88 valence electrons. The zero-order valence-electron chi connectivity index (χ0n) is 8.77. The van der Waals surface area contributed by atoms with E-state index in [1.54, 1.807) is 12.1 Å². The Balaban J connectivity index is 2.57. The number of phenols is 1. The molecule has 0 radical (unpaired) electrons. The van der Waals surface area contributed by atoms with Gasteiger partial charge < -0.3 is 14.6 Å². The van der Waals surface area contributed by atoms with Gasteiger partial charge in [0.25, 0.3) is 0 Å². The van der Waals surface area contributed by atoms with Gasteiger partial charge in [-0.25, -0.2) is 9.78 Å². The van der Waals surface area contributed by atoms with Crippen molar-refractivity contribution >= 4 is 21.9 Å². The molecule has 2 rings (SSSR count). The lowest BCUT2D eigenvalue weighted by atomic mass is 10.2. The van der Waals surface area contributed by atoms with E-state index < -0.39 is 5.97 Å². The van der Waals surface area contributed by atoms with Crippen molar-refractivity contribution in [1.29, 1.82) is 0 Å². The fourth-order valence-electron chi connectivity index (χ4n) is 1.39. The van der Waals surface area contributed by atoms with Crippen LogP contribution in [0.25, 0.3) is 11.5 Å². The molecule has 0 aliphatic carbocycles. The van der Waals surface area contributed by atoms with Crippen LogP contribution in [0.2, 0.25) is 0 Å². The van der Waals surface area contributed by atoms with E-state index in [2.05, 4.69) is 20.9 Å². The number of rotatable bonds is 2. The van der Waals surface area contributed by atoms with Crippen molar-refractivity contribution in [1.82, 2.24) is 4.98 Å². The third-order valence-electron chi connectivity index (χ3n) is 2.19. The molecule has 0 aliphatic heterocycles. The van der Waals surface area contributed by atoms with Crippen molar-refractivity contribution in [2.24, 2.45) is 0 Å². The number of aryl methyl sites for hydroxylation is 1. The summed E-state index contributed by atoms with van der Waals surface area (Å²) < 4.78 is 5.96. The highest BCUT2D eigenvalue weighted by Crippen LogP contribution is 2.32. The third kappa shape index (κ3) is 2.16. The topological polar surface area (TPSA) is 83.6 Å². The van der Waals surface area contributed by atoms with Gasteiger partial charge in [0, 0.05) is 4.47 Å². The number of aromatic hydroxyl groups is 1. The molecule has 0 unspecified atom stereocenters. The van der Waals surface area contributed by atoms with Gasteiger partial charge in [-0.1, -0.05) is 15.9 Å². The number of carbonyl (C=O) groups is 1. The van der Waals surface area contributed by atoms with Crippen LogP contribution in [-0.2, 0) is 0 Å². The molecule has 6 heteroatoms. The van der Waals surface area contributed by atoms with E-state index in [-0.39, 0.29) is 23.1 Å². The van der Waals surface area contributed by atoms with E-state index in [1.165, 1.54) is 13.0 Å². The van der Waals surface area contributed by atoms with Crippen LogP contribution in [0, 0.1) is 6.92 Å². The second kappa shape index (κ2) is 4.21. The lowest BCUT2D eigenvalue weighted by Crippen LogP contribution is -1.98. The number of oxazole rings is 1. The number of carboxylic acid groups (broad SMARTS) is 1. The number of hydrogen-bond donors (Lipinski definition) is 2. The molecule has 0 saturated carbocycles. The minimum atomic E-state index is -1.16. The van der Waals surface area contributed by atoms with Crippen molar-refractivity contribution in [3.63, 3.8) is 0 Å². The maximum Gasteiger partial charge on any atom is 0.358 e. The van der Waals surface area contributed by atoms with Gasteiger partial charge in [-0.2, -0.15) is 0 Å². The van der Waals surface area contributed by atoms with E-state index >= 15 is 0 Å². The van der Waals surface area contributed by atoms with E-state index in [0.717, 1.165) is 4.47 Å². The fraction of sp³-hybridized carbons (Fsp3) is 0.0909. The molecule has 0 saturated heterocycles. The molecule has 2 aromatic rings. The number of aromatic nitrogens is 1. The summed E-state index contributed by atoms with van der Waals surface area (Å²) in [6.07, 6.45) is 0. The van der Waals surface area contributed by atoms with Gasteiger partial charge in [0.1, 0.15) is 11.5 Å². The maximum atomic E-state index is 10.8. The second-order valence-corrected chi connectivity index (χ2v) is 4.31. The summed E-state index contributed by atoms with van der Waals surface area (Å²) in [4.78, 5) is 14.7. The summed E-state index contributed by atoms with van der Waals surface area (Å²) in [6, 6.07) is 4.73. The molecular weight excluding hydrogens is 290 g/mol. The van der Waals surface area contributed by atoms with Gasteiger partial charge in [0.05, 0.1) is 5.56 Å². The Morgan fingerprint density at radius 1 is 1.47 bits per heavy atom. The first-order valence-corrected chi connectivity index (χ1v) is 5.48. The van der Waals surface area contributed by atoms with Crippen LogP contribution in [-0.4, -0.2) is 21.2 Å². The van der Waals surface area contributed by atoms with Gasteiger partial charge in [-0.05, 0) is 25.1 Å². The Hall–Kier alpha value is -1.82. The molecule has 0 fully saturated rings. The molecule has 1 heterocycles. The van der Waals surface area contributed by atoms with Crippen LogP contribution in [0.4, 0.5) is 0 Å². The van der Waals surface area contributed by atoms with Crippen molar-refractivity contribution in [3.05, 3.63) is 34.1 Å². The van der Waals surface area contributed by atoms with E-state index in [0.29, 0.717) is 5.56 Å². The molecule has 5 nitrogen and oxygen atoms in total. The second-order valence-electron chi connectivity index (χ2n) is 3.39. The lowest BCUT2D eigenvalue weighted by Gasteiger charge is -2.00. The van der Waals surface area contributed by atoms with Crippen LogP contribution in [0.3, 0.4) is 0 Å². The standard InChI is InChI=1S/C11H8BrNO4/c1-5-9(11(15)16)13-10(17-5)7-4-6(12)2-3-8(7)14/h2-4,14H,1H3,(H,15,16). The summed E-state index contributed by atoms with van der Waals surface area (Å²) in [5.74, 6) is -0.899. The van der Waals surface area contributed by atoms with E-state index in [9.17, 15) is 9.90 Å². The van der Waals surface area contributed by atoms with E-state index in [4.69, 9.17) is 9.52 Å². The SMILES string of the molecule is Cc1oc(-c2cc(Br)ccc2O)nc1C(=O)O. The van der Waals surface area contributed by atoms with Crippen LogP contribution in [0.1, 0.15) is 16.2 Å². The normalized spacial score (nSPS) is 10.5. The number of hydrogen-bond acceptors (Lipinski definition) is 4. The Kier molecular flexibility index (Phi) is 2.89. The van der Waals surface area contributed by atoms with Crippen LogP contribution in [0.5, 0.6) is 5.75 Å². The van der Waals surface area contributed by atoms with Gasteiger partial charge in [-0.3, -0.25) is 0 Å². The predicted molar refractivity (Wildman–Crippen MR) is 63.0 cm³/mol. The Bertz CT molecular complexity index is 591. The van der Waals surface area contributed by atoms with Crippen LogP contribution in [0.15, 0.2) is 27.1 Å². The van der Waals surface area contributed by atoms with Crippen molar-refractivity contribution in [3.8, 4) is 17.2 Å². The number of aromatic carboxylic acids is 1. The highest BCUT2D eigenvalue weighted by Gasteiger charge is 2.18. The molecule has 0 bridgehead atoms. The first kappa shape index (κ1) is 11.7. The highest BCUT2D eigenvalue weighted by molar-refractivity contribution is 9.10. The van der Waals surface area contributed by atoms with Gasteiger partial charge in [0.2, 0.25) is 5.89 Å². The summed E-state index contributed by atoms with van der Waals surface area (Å²) in [5, 5.41) is 18.5. The minimum absolute atomic E-state index is 0.0219. The minimum Gasteiger partial charge on any atom is -0.507 e. The number of benzene rings is 1. The highest BCUT2D eigenvalue weighted by atomic mass is 79.9. The monoisotopic (exact) mass is 297 g/mol. The summed E-state index contributed by atoms with van der Waals surface area (Å²) in [6.45, 7) is 1.51.